The lowest BCUT2D eigenvalue weighted by Gasteiger charge is -2.08. The van der Waals surface area contributed by atoms with Crippen molar-refractivity contribution >= 4 is 15.9 Å². The summed E-state index contributed by atoms with van der Waals surface area (Å²) >= 11 is 3.51. The number of aliphatic hydroxyl groups is 1. The Balaban J connectivity index is 2.21. The summed E-state index contributed by atoms with van der Waals surface area (Å²) in [6.45, 7) is 2.05. The zero-order chi connectivity index (χ0) is 12.4. The average Bonchev–Trinajstić information content (AvgIpc) is 2.92. The van der Waals surface area contributed by atoms with Crippen LogP contribution < -0.4 is 0 Å². The molecule has 0 saturated heterocycles. The first-order valence-corrected chi connectivity index (χ1v) is 6.16. The summed E-state index contributed by atoms with van der Waals surface area (Å²) in [6, 6.07) is 0. The standard InChI is InChI=1S/C10H14BrN5O/c1-3-6-9(11)7(16(2)15-6)4-8(17)10-12-5-13-14-10/h5,8,17H,3-4H2,1-2H3,(H,12,13,14). The summed E-state index contributed by atoms with van der Waals surface area (Å²) < 4.78 is 2.74. The van der Waals surface area contributed by atoms with E-state index in [0.29, 0.717) is 12.2 Å². The van der Waals surface area contributed by atoms with Crippen LogP contribution in [0.25, 0.3) is 0 Å². The highest BCUT2D eigenvalue weighted by atomic mass is 79.9. The van der Waals surface area contributed by atoms with Crippen molar-refractivity contribution in [2.75, 3.05) is 0 Å². The van der Waals surface area contributed by atoms with Crippen molar-refractivity contribution in [1.29, 1.82) is 0 Å². The van der Waals surface area contributed by atoms with E-state index >= 15 is 0 Å². The summed E-state index contributed by atoms with van der Waals surface area (Å²) in [5.41, 5.74) is 1.94. The number of aliphatic hydroxyl groups excluding tert-OH is 1. The number of halogens is 1. The molecule has 0 aliphatic rings. The lowest BCUT2D eigenvalue weighted by molar-refractivity contribution is 0.166. The van der Waals surface area contributed by atoms with E-state index in [0.717, 1.165) is 22.3 Å². The van der Waals surface area contributed by atoms with Crippen molar-refractivity contribution in [2.24, 2.45) is 7.05 Å². The first-order valence-electron chi connectivity index (χ1n) is 5.37. The molecule has 2 heterocycles. The summed E-state index contributed by atoms with van der Waals surface area (Å²) in [5, 5.41) is 20.8. The Bertz CT molecular complexity index is 493. The van der Waals surface area contributed by atoms with E-state index in [1.165, 1.54) is 6.33 Å². The highest BCUT2D eigenvalue weighted by Gasteiger charge is 2.18. The smallest absolute Gasteiger partial charge is 0.153 e. The lowest BCUT2D eigenvalue weighted by Crippen LogP contribution is -2.08. The molecule has 7 heteroatoms. The fraction of sp³-hybridized carbons (Fsp3) is 0.500. The van der Waals surface area contributed by atoms with E-state index in [1.807, 2.05) is 14.0 Å². The van der Waals surface area contributed by atoms with Crippen LogP contribution in [0.3, 0.4) is 0 Å². The van der Waals surface area contributed by atoms with Crippen molar-refractivity contribution in [1.82, 2.24) is 25.0 Å². The van der Waals surface area contributed by atoms with Crippen LogP contribution in [0.4, 0.5) is 0 Å². The van der Waals surface area contributed by atoms with Crippen LogP contribution in [0.5, 0.6) is 0 Å². The molecule has 0 aliphatic carbocycles. The third kappa shape index (κ3) is 2.39. The van der Waals surface area contributed by atoms with Gasteiger partial charge in [-0.05, 0) is 22.4 Å². The highest BCUT2D eigenvalue weighted by molar-refractivity contribution is 9.10. The molecule has 2 N–H and O–H groups in total. The van der Waals surface area contributed by atoms with Gasteiger partial charge in [0, 0.05) is 13.5 Å². The van der Waals surface area contributed by atoms with Gasteiger partial charge in [0.1, 0.15) is 12.4 Å². The van der Waals surface area contributed by atoms with Crippen LogP contribution in [0, 0.1) is 0 Å². The van der Waals surface area contributed by atoms with Crippen molar-refractivity contribution < 1.29 is 5.11 Å². The van der Waals surface area contributed by atoms with E-state index in [-0.39, 0.29) is 0 Å². The summed E-state index contributed by atoms with van der Waals surface area (Å²) in [7, 11) is 1.87. The average molecular weight is 300 g/mol. The van der Waals surface area contributed by atoms with Gasteiger partial charge in [-0.3, -0.25) is 9.78 Å². The predicted molar refractivity (Wildman–Crippen MR) is 65.3 cm³/mol. The molecule has 6 nitrogen and oxygen atoms in total. The number of H-pyrrole nitrogens is 1. The maximum atomic E-state index is 10.00. The van der Waals surface area contributed by atoms with Crippen LogP contribution in [0.1, 0.15) is 30.2 Å². The Morgan fingerprint density at radius 3 is 2.88 bits per heavy atom. The molecule has 0 fully saturated rings. The SMILES string of the molecule is CCc1nn(C)c(CC(O)c2ncn[nH]2)c1Br. The van der Waals surface area contributed by atoms with Gasteiger partial charge in [0.05, 0.1) is 15.9 Å². The molecule has 92 valence electrons. The van der Waals surface area contributed by atoms with E-state index in [1.54, 1.807) is 4.68 Å². The monoisotopic (exact) mass is 299 g/mol. The zero-order valence-corrected chi connectivity index (χ0v) is 11.3. The fourth-order valence-corrected chi connectivity index (χ4v) is 2.48. The minimum atomic E-state index is -0.700. The van der Waals surface area contributed by atoms with Crippen molar-refractivity contribution in [3.63, 3.8) is 0 Å². The number of nitrogens with one attached hydrogen (secondary N) is 1. The van der Waals surface area contributed by atoms with Crippen LogP contribution in [0.2, 0.25) is 0 Å². The van der Waals surface area contributed by atoms with Gasteiger partial charge in [-0.1, -0.05) is 6.92 Å². The highest BCUT2D eigenvalue weighted by Crippen LogP contribution is 2.25. The van der Waals surface area contributed by atoms with Crippen molar-refractivity contribution in [3.8, 4) is 0 Å². The number of hydrogen-bond acceptors (Lipinski definition) is 4. The Hall–Kier alpha value is -1.21. The number of rotatable bonds is 4. The minimum Gasteiger partial charge on any atom is -0.385 e. The van der Waals surface area contributed by atoms with Gasteiger partial charge in [0.25, 0.3) is 0 Å². The van der Waals surface area contributed by atoms with Crippen LogP contribution in [-0.2, 0) is 19.9 Å². The van der Waals surface area contributed by atoms with Crippen LogP contribution in [-0.4, -0.2) is 30.1 Å². The molecule has 1 atom stereocenters. The quantitative estimate of drug-likeness (QED) is 0.887. The first-order chi connectivity index (χ1) is 8.13. The number of aryl methyl sites for hydroxylation is 2. The molecule has 0 bridgehead atoms. The normalized spacial score (nSPS) is 12.9. The molecular formula is C10H14BrN5O. The van der Waals surface area contributed by atoms with E-state index < -0.39 is 6.10 Å². The number of aromatic amines is 1. The molecule has 2 aromatic rings. The third-order valence-electron chi connectivity index (χ3n) is 2.64. The second-order valence-corrected chi connectivity index (χ2v) is 4.57. The predicted octanol–water partition coefficient (Wildman–Crippen LogP) is 1.14. The van der Waals surface area contributed by atoms with Gasteiger partial charge in [0.2, 0.25) is 0 Å². The Labute approximate surface area is 107 Å². The van der Waals surface area contributed by atoms with Crippen LogP contribution in [0.15, 0.2) is 10.8 Å². The van der Waals surface area contributed by atoms with Gasteiger partial charge in [-0.25, -0.2) is 4.98 Å². The zero-order valence-electron chi connectivity index (χ0n) is 9.68. The van der Waals surface area contributed by atoms with Gasteiger partial charge in [-0.15, -0.1) is 0 Å². The number of aromatic nitrogens is 5. The fourth-order valence-electron chi connectivity index (χ4n) is 1.70. The van der Waals surface area contributed by atoms with Gasteiger partial charge in [0.15, 0.2) is 5.82 Å². The molecular weight excluding hydrogens is 286 g/mol. The van der Waals surface area contributed by atoms with E-state index in [4.69, 9.17) is 0 Å². The largest absolute Gasteiger partial charge is 0.385 e. The molecule has 1 unspecified atom stereocenters. The molecule has 0 amide bonds. The second kappa shape index (κ2) is 4.97. The lowest BCUT2D eigenvalue weighted by atomic mass is 10.1. The Morgan fingerprint density at radius 1 is 1.59 bits per heavy atom. The summed E-state index contributed by atoms with van der Waals surface area (Å²) in [5.74, 6) is 0.469. The van der Waals surface area contributed by atoms with Gasteiger partial charge >= 0.3 is 0 Å². The number of hydrogen-bond donors (Lipinski definition) is 2. The van der Waals surface area contributed by atoms with E-state index in [2.05, 4.69) is 36.2 Å². The van der Waals surface area contributed by atoms with E-state index in [9.17, 15) is 5.11 Å². The molecule has 17 heavy (non-hydrogen) atoms. The van der Waals surface area contributed by atoms with Gasteiger partial charge < -0.3 is 5.11 Å². The molecule has 0 spiro atoms. The van der Waals surface area contributed by atoms with Crippen LogP contribution >= 0.6 is 15.9 Å². The maximum Gasteiger partial charge on any atom is 0.153 e. The third-order valence-corrected chi connectivity index (χ3v) is 3.55. The summed E-state index contributed by atoms with van der Waals surface area (Å²) in [6.07, 6.45) is 1.98. The van der Waals surface area contributed by atoms with Gasteiger partial charge in [-0.2, -0.15) is 10.2 Å². The molecule has 0 radical (unpaired) electrons. The topological polar surface area (TPSA) is 79.6 Å². The second-order valence-electron chi connectivity index (χ2n) is 3.78. The molecule has 0 aromatic carbocycles. The molecule has 0 aliphatic heterocycles. The Morgan fingerprint density at radius 2 is 2.35 bits per heavy atom. The summed E-state index contributed by atoms with van der Waals surface area (Å²) in [4.78, 5) is 3.94. The first kappa shape index (κ1) is 12.3. The van der Waals surface area contributed by atoms with Crippen molar-refractivity contribution in [3.05, 3.63) is 28.0 Å². The molecule has 2 aromatic heterocycles. The maximum absolute atomic E-state index is 10.00. The van der Waals surface area contributed by atoms with Crippen molar-refractivity contribution in [2.45, 2.75) is 25.9 Å². The molecule has 0 saturated carbocycles. The Kier molecular flexibility index (Phi) is 3.58. The minimum absolute atomic E-state index is 0.444. The number of nitrogens with zero attached hydrogens (tertiary/aromatic N) is 4. The molecule has 2 rings (SSSR count).